The van der Waals surface area contributed by atoms with Crippen LogP contribution < -0.4 is 0 Å². The van der Waals surface area contributed by atoms with Crippen LogP contribution in [-0.2, 0) is 32.1 Å². The Balaban J connectivity index is 0.985. The van der Waals surface area contributed by atoms with E-state index < -0.39 is 0 Å². The highest BCUT2D eigenvalue weighted by molar-refractivity contribution is 5.65. The predicted octanol–water partition coefficient (Wildman–Crippen LogP) is 5.98. The molecule has 0 spiro atoms. The fourth-order valence-electron chi connectivity index (χ4n) is 5.79. The Labute approximate surface area is 264 Å². The number of benzene rings is 2. The molecule has 2 aliphatic rings. The van der Waals surface area contributed by atoms with Crippen molar-refractivity contribution in [3.8, 4) is 23.2 Å². The van der Waals surface area contributed by atoms with E-state index in [-0.39, 0.29) is 18.4 Å². The Morgan fingerprint density at radius 2 is 1.80 bits per heavy atom. The summed E-state index contributed by atoms with van der Waals surface area (Å²) < 4.78 is 24.6. The first-order valence-corrected chi connectivity index (χ1v) is 15.8. The van der Waals surface area contributed by atoms with Gasteiger partial charge in [-0.1, -0.05) is 29.1 Å². The number of ether oxygens (including phenoxy) is 3. The van der Waals surface area contributed by atoms with Gasteiger partial charge in [0.2, 0.25) is 0 Å². The van der Waals surface area contributed by atoms with Gasteiger partial charge in [-0.15, -0.1) is 0 Å². The lowest BCUT2D eigenvalue weighted by molar-refractivity contribution is -0.188. The third-order valence-electron chi connectivity index (χ3n) is 8.24. The van der Waals surface area contributed by atoms with E-state index in [1.807, 2.05) is 48.0 Å². The molecule has 234 valence electrons. The molecule has 9 heteroatoms. The van der Waals surface area contributed by atoms with Crippen LogP contribution in [0.15, 0.2) is 71.5 Å². The Morgan fingerprint density at radius 1 is 1.04 bits per heavy atom. The minimum Gasteiger partial charge on any atom is -0.466 e. The van der Waals surface area contributed by atoms with Gasteiger partial charge in [0.25, 0.3) is 0 Å². The molecule has 2 saturated heterocycles. The summed E-state index contributed by atoms with van der Waals surface area (Å²) in [6.45, 7) is 8.29. The number of hydrogen-bond acceptors (Lipinski definition) is 8. The van der Waals surface area contributed by atoms with Gasteiger partial charge in [-0.25, -0.2) is 4.98 Å². The maximum absolute atomic E-state index is 10.9. The van der Waals surface area contributed by atoms with E-state index in [2.05, 4.69) is 51.1 Å². The summed E-state index contributed by atoms with van der Waals surface area (Å²) in [6.07, 6.45) is 7.42. The molecule has 0 radical (unpaired) electrons. The van der Waals surface area contributed by atoms with Crippen molar-refractivity contribution < 1.29 is 23.5 Å². The zero-order valence-corrected chi connectivity index (χ0v) is 26.0. The molecule has 2 aromatic carbocycles. The number of esters is 1. The number of carbonyl (C=O) groups excluding carboxylic acids is 1. The molecule has 4 heterocycles. The standard InChI is InChI=1S/C36H40N4O5/c1-26(44-35-5-3-4-19-43-35)36-37-17-18-40(36)25-33-21-34(45-38-33)32-14-12-29(13-15-32)7-6-28-8-10-30(11-9-28)22-39-23-31(24-39)16-20-42-27(2)41/h8-15,17-18,21,26,31,35H,3-5,16,19-20,22-25H2,1-2H3/t26-,35?/m0/s1. The van der Waals surface area contributed by atoms with Crippen LogP contribution in [0, 0.1) is 17.8 Å². The highest BCUT2D eigenvalue weighted by Gasteiger charge is 2.26. The monoisotopic (exact) mass is 608 g/mol. The summed E-state index contributed by atoms with van der Waals surface area (Å²) in [7, 11) is 0. The molecule has 2 fully saturated rings. The van der Waals surface area contributed by atoms with E-state index in [1.165, 1.54) is 12.5 Å². The van der Waals surface area contributed by atoms with Gasteiger partial charge in [-0.2, -0.15) is 0 Å². The number of hydrogen-bond donors (Lipinski definition) is 0. The van der Waals surface area contributed by atoms with E-state index in [4.69, 9.17) is 18.7 Å². The van der Waals surface area contributed by atoms with E-state index in [1.54, 1.807) is 6.20 Å². The van der Waals surface area contributed by atoms with Crippen molar-refractivity contribution in [2.24, 2.45) is 5.92 Å². The molecule has 2 aromatic heterocycles. The largest absolute Gasteiger partial charge is 0.466 e. The Bertz CT molecular complexity index is 1600. The van der Waals surface area contributed by atoms with Gasteiger partial charge in [0.1, 0.15) is 17.6 Å². The van der Waals surface area contributed by atoms with Crippen molar-refractivity contribution in [2.45, 2.75) is 65.0 Å². The second kappa shape index (κ2) is 14.7. The van der Waals surface area contributed by atoms with E-state index >= 15 is 0 Å². The van der Waals surface area contributed by atoms with Crippen LogP contribution in [0.5, 0.6) is 0 Å². The minimum atomic E-state index is -0.203. The van der Waals surface area contributed by atoms with Gasteiger partial charge in [-0.05, 0) is 80.5 Å². The number of imidazole rings is 1. The molecule has 9 nitrogen and oxygen atoms in total. The summed E-state index contributed by atoms with van der Waals surface area (Å²) in [4.78, 5) is 17.8. The second-order valence-corrected chi connectivity index (χ2v) is 11.9. The molecule has 1 unspecified atom stereocenters. The van der Waals surface area contributed by atoms with Crippen molar-refractivity contribution in [2.75, 3.05) is 26.3 Å². The molecule has 6 rings (SSSR count). The van der Waals surface area contributed by atoms with Crippen molar-refractivity contribution in [3.05, 3.63) is 95.2 Å². The summed E-state index contributed by atoms with van der Waals surface area (Å²) >= 11 is 0. The molecule has 4 aromatic rings. The average Bonchev–Trinajstić information content (AvgIpc) is 3.70. The van der Waals surface area contributed by atoms with Gasteiger partial charge in [0.15, 0.2) is 12.1 Å². The van der Waals surface area contributed by atoms with Crippen LogP contribution in [0.4, 0.5) is 0 Å². The predicted molar refractivity (Wildman–Crippen MR) is 169 cm³/mol. The summed E-state index contributed by atoms with van der Waals surface area (Å²) in [5, 5.41) is 4.30. The minimum absolute atomic E-state index is 0.173. The first-order valence-electron chi connectivity index (χ1n) is 15.8. The lowest BCUT2D eigenvalue weighted by Gasteiger charge is -2.39. The average molecular weight is 609 g/mol. The van der Waals surface area contributed by atoms with Gasteiger partial charge >= 0.3 is 5.97 Å². The lowest BCUT2D eigenvalue weighted by atomic mass is 9.96. The molecule has 2 atom stereocenters. The highest BCUT2D eigenvalue weighted by atomic mass is 16.7. The zero-order chi connectivity index (χ0) is 31.0. The number of likely N-dealkylation sites (tertiary alicyclic amines) is 1. The van der Waals surface area contributed by atoms with Gasteiger partial charge < -0.3 is 23.3 Å². The first kappa shape index (κ1) is 30.8. The Morgan fingerprint density at radius 3 is 2.51 bits per heavy atom. The normalized spacial score (nSPS) is 17.7. The van der Waals surface area contributed by atoms with Crippen LogP contribution in [0.3, 0.4) is 0 Å². The maximum atomic E-state index is 10.9. The van der Waals surface area contributed by atoms with E-state index in [0.717, 1.165) is 80.1 Å². The number of aromatic nitrogens is 3. The third-order valence-corrected chi connectivity index (χ3v) is 8.24. The van der Waals surface area contributed by atoms with Crippen LogP contribution in [0.2, 0.25) is 0 Å². The highest BCUT2D eigenvalue weighted by Crippen LogP contribution is 2.25. The number of rotatable bonds is 11. The zero-order valence-electron chi connectivity index (χ0n) is 26.0. The number of carbonyl (C=O) groups is 1. The molecule has 0 bridgehead atoms. The Hall–Kier alpha value is -4.23. The van der Waals surface area contributed by atoms with Crippen LogP contribution >= 0.6 is 0 Å². The van der Waals surface area contributed by atoms with Crippen LogP contribution in [-0.4, -0.2) is 58.2 Å². The van der Waals surface area contributed by atoms with Gasteiger partial charge in [0.05, 0.1) is 13.2 Å². The lowest BCUT2D eigenvalue weighted by Crippen LogP contribution is -2.46. The summed E-state index contributed by atoms with van der Waals surface area (Å²) in [5.74, 6) is 8.48. The fraction of sp³-hybridized carbons (Fsp3) is 0.417. The molecule has 0 saturated carbocycles. The Kier molecular flexibility index (Phi) is 10.1. The van der Waals surface area contributed by atoms with E-state index in [9.17, 15) is 4.79 Å². The molecule has 45 heavy (non-hydrogen) atoms. The molecule has 0 aliphatic carbocycles. The topological polar surface area (TPSA) is 91.9 Å². The fourth-order valence-corrected chi connectivity index (χ4v) is 5.79. The first-order chi connectivity index (χ1) is 22.0. The quantitative estimate of drug-likeness (QED) is 0.152. The van der Waals surface area contributed by atoms with Crippen LogP contribution in [0.1, 0.15) is 73.8 Å². The summed E-state index contributed by atoms with van der Waals surface area (Å²) in [6, 6.07) is 18.4. The molecule has 0 amide bonds. The third kappa shape index (κ3) is 8.49. The molecular formula is C36H40N4O5. The smallest absolute Gasteiger partial charge is 0.302 e. The number of nitrogens with zero attached hydrogens (tertiary/aromatic N) is 4. The summed E-state index contributed by atoms with van der Waals surface area (Å²) in [5.41, 5.74) is 4.94. The second-order valence-electron chi connectivity index (χ2n) is 11.9. The molecular weight excluding hydrogens is 568 g/mol. The van der Waals surface area contributed by atoms with Gasteiger partial charge in [-0.3, -0.25) is 9.69 Å². The van der Waals surface area contributed by atoms with E-state index in [0.29, 0.717) is 24.8 Å². The van der Waals surface area contributed by atoms with Crippen molar-refractivity contribution in [1.82, 2.24) is 19.6 Å². The van der Waals surface area contributed by atoms with Gasteiger partial charge in [0, 0.05) is 68.3 Å². The van der Waals surface area contributed by atoms with Crippen molar-refractivity contribution in [1.29, 1.82) is 0 Å². The van der Waals surface area contributed by atoms with Crippen molar-refractivity contribution in [3.63, 3.8) is 0 Å². The van der Waals surface area contributed by atoms with Crippen LogP contribution in [0.25, 0.3) is 11.3 Å². The maximum Gasteiger partial charge on any atom is 0.302 e. The SMILES string of the molecule is CC(=O)OCCC1CN(Cc2ccc(C#Cc3ccc(-c4cc(Cn5ccnc5[C@H](C)OC5CCCCO5)no4)cc3)cc2)C1. The molecule has 2 aliphatic heterocycles. The van der Waals surface area contributed by atoms with Crippen molar-refractivity contribution >= 4 is 5.97 Å². The molecule has 0 N–H and O–H groups in total.